The van der Waals surface area contributed by atoms with Gasteiger partial charge in [-0.1, -0.05) is 17.7 Å². The number of aryl methyl sites for hydroxylation is 1. The van der Waals surface area contributed by atoms with E-state index in [1.54, 1.807) is 26.2 Å². The van der Waals surface area contributed by atoms with Gasteiger partial charge in [0.1, 0.15) is 11.2 Å². The Morgan fingerprint density at radius 2 is 2.07 bits per heavy atom. The largest absolute Gasteiger partial charge is 0.272 e. The molecule has 0 saturated carbocycles. The Morgan fingerprint density at radius 1 is 1.30 bits per heavy atom. The van der Waals surface area contributed by atoms with Crippen LogP contribution in [0.15, 0.2) is 29.7 Å². The molecule has 0 aliphatic carbocycles. The molecule has 4 rings (SSSR count). The molecule has 4 heterocycles. The minimum atomic E-state index is -3.65. The summed E-state index contributed by atoms with van der Waals surface area (Å²) < 4.78 is 44.3. The van der Waals surface area contributed by atoms with Crippen molar-refractivity contribution >= 4 is 32.8 Å². The highest BCUT2D eigenvalue weighted by Crippen LogP contribution is 2.33. The fourth-order valence-electron chi connectivity index (χ4n) is 3.11. The number of hydrogen-bond donors (Lipinski definition) is 0. The van der Waals surface area contributed by atoms with Crippen LogP contribution in [0.2, 0.25) is 5.02 Å². The summed E-state index contributed by atoms with van der Waals surface area (Å²) in [5, 5.41) is 7.91. The van der Waals surface area contributed by atoms with Crippen molar-refractivity contribution in [3.63, 3.8) is 0 Å². The number of hydrogen-bond acceptors (Lipinski definition) is 5. The normalized spacial score (nSPS) is 16.1. The number of halogens is 2. The molecule has 0 saturated heterocycles. The fourth-order valence-corrected chi connectivity index (χ4v) is 4.93. The van der Waals surface area contributed by atoms with Crippen LogP contribution in [0, 0.1) is 12.7 Å². The maximum Gasteiger partial charge on any atom is 0.246 e. The number of aromatic nitrogens is 5. The summed E-state index contributed by atoms with van der Waals surface area (Å²) in [7, 11) is -1.96. The first-order chi connectivity index (χ1) is 12.8. The number of fused-ring (bicyclic) bond motifs is 1. The van der Waals surface area contributed by atoms with Gasteiger partial charge in [0.05, 0.1) is 16.9 Å². The molecule has 27 heavy (non-hydrogen) atoms. The zero-order valence-corrected chi connectivity index (χ0v) is 16.2. The van der Waals surface area contributed by atoms with Crippen molar-refractivity contribution in [3.05, 3.63) is 46.9 Å². The molecule has 0 N–H and O–H groups in total. The highest BCUT2D eigenvalue weighted by molar-refractivity contribution is 7.89. The second kappa shape index (κ2) is 6.39. The summed E-state index contributed by atoms with van der Waals surface area (Å²) in [6.07, 6.45) is 6.36. The zero-order chi connectivity index (χ0) is 19.3. The highest BCUT2D eigenvalue weighted by atomic mass is 35.5. The minimum Gasteiger partial charge on any atom is -0.272 e. The second-order valence-electron chi connectivity index (χ2n) is 6.26. The van der Waals surface area contributed by atoms with Crippen LogP contribution < -0.4 is 0 Å². The van der Waals surface area contributed by atoms with Gasteiger partial charge in [0.15, 0.2) is 11.5 Å². The van der Waals surface area contributed by atoms with Gasteiger partial charge in [-0.25, -0.2) is 22.3 Å². The highest BCUT2D eigenvalue weighted by Gasteiger charge is 2.30. The third-order valence-corrected chi connectivity index (χ3v) is 7.11. The first-order valence-corrected chi connectivity index (χ1v) is 9.98. The molecule has 8 nitrogen and oxygen atoms in total. The van der Waals surface area contributed by atoms with Crippen LogP contribution in [0.25, 0.3) is 11.2 Å². The molecule has 3 aromatic rings. The van der Waals surface area contributed by atoms with Crippen molar-refractivity contribution in [2.24, 2.45) is 7.05 Å². The molecule has 142 valence electrons. The van der Waals surface area contributed by atoms with Crippen LogP contribution >= 0.6 is 11.6 Å². The quantitative estimate of drug-likeness (QED) is 0.659. The van der Waals surface area contributed by atoms with Crippen molar-refractivity contribution < 1.29 is 12.8 Å². The molecule has 11 heteroatoms. The fraction of sp³-hybridized carbons (Fsp3) is 0.312. The lowest BCUT2D eigenvalue weighted by molar-refractivity contribution is 0.440. The summed E-state index contributed by atoms with van der Waals surface area (Å²) in [5.41, 5.74) is 1.88. The van der Waals surface area contributed by atoms with E-state index >= 15 is 0 Å². The Kier molecular flexibility index (Phi) is 4.28. The van der Waals surface area contributed by atoms with E-state index < -0.39 is 15.8 Å². The molecule has 0 bridgehead atoms. The van der Waals surface area contributed by atoms with Crippen LogP contribution in [0.1, 0.15) is 17.7 Å². The lowest BCUT2D eigenvalue weighted by atomic mass is 10.0. The Bertz CT molecular complexity index is 1180. The van der Waals surface area contributed by atoms with Gasteiger partial charge in [0.25, 0.3) is 0 Å². The average molecular weight is 411 g/mol. The number of pyridine rings is 1. The maximum atomic E-state index is 14.4. The summed E-state index contributed by atoms with van der Waals surface area (Å²) in [6, 6.07) is 0. The van der Waals surface area contributed by atoms with Gasteiger partial charge < -0.3 is 0 Å². The third kappa shape index (κ3) is 2.84. The van der Waals surface area contributed by atoms with Crippen LogP contribution in [0.3, 0.4) is 0 Å². The molecule has 0 unspecified atom stereocenters. The number of nitrogens with zero attached hydrogens (tertiary/aromatic N) is 6. The molecule has 0 fully saturated rings. The molecular weight excluding hydrogens is 395 g/mol. The molecule has 1 aliphatic rings. The van der Waals surface area contributed by atoms with E-state index in [2.05, 4.69) is 15.2 Å². The molecular formula is C16H16ClFN6O2S. The van der Waals surface area contributed by atoms with Gasteiger partial charge in [0, 0.05) is 31.9 Å². The molecule has 3 aromatic heterocycles. The van der Waals surface area contributed by atoms with Gasteiger partial charge in [-0.2, -0.15) is 14.5 Å². The summed E-state index contributed by atoms with van der Waals surface area (Å²) in [5.74, 6) is -0.645. The van der Waals surface area contributed by atoms with Crippen LogP contribution in [0.4, 0.5) is 4.39 Å². The van der Waals surface area contributed by atoms with Gasteiger partial charge in [-0.05, 0) is 18.9 Å². The van der Waals surface area contributed by atoms with E-state index in [0.717, 1.165) is 5.57 Å². The van der Waals surface area contributed by atoms with E-state index in [-0.39, 0.29) is 28.7 Å². The van der Waals surface area contributed by atoms with E-state index in [1.165, 1.54) is 26.0 Å². The molecule has 0 aromatic carbocycles. The first-order valence-electron chi connectivity index (χ1n) is 8.16. The molecule has 0 radical (unpaired) electrons. The smallest absolute Gasteiger partial charge is 0.246 e. The van der Waals surface area contributed by atoms with Crippen LogP contribution in [-0.4, -0.2) is 50.2 Å². The lowest BCUT2D eigenvalue weighted by Crippen LogP contribution is -2.35. The SMILES string of the molecule is Cc1c(S(=O)(=O)N2CC=C(c3cn4ncnc4c(F)c3Cl)CC2)cnn1C. The Morgan fingerprint density at radius 3 is 2.70 bits per heavy atom. The number of sulfonamides is 1. The molecule has 0 amide bonds. The lowest BCUT2D eigenvalue weighted by Gasteiger charge is -2.26. The van der Waals surface area contributed by atoms with E-state index in [1.807, 2.05) is 0 Å². The van der Waals surface area contributed by atoms with Gasteiger partial charge >= 0.3 is 0 Å². The van der Waals surface area contributed by atoms with Gasteiger partial charge in [0.2, 0.25) is 10.0 Å². The standard InChI is InChI=1S/C16H16ClFN6O2S/c1-10-13(7-20-22(10)2)27(25,26)23-5-3-11(4-6-23)12-8-24-16(19-9-21-24)15(18)14(12)17/h3,7-9H,4-6H2,1-2H3. The average Bonchev–Trinajstić information content (AvgIpc) is 3.26. The zero-order valence-electron chi connectivity index (χ0n) is 14.6. The van der Waals surface area contributed by atoms with Crippen molar-refractivity contribution in [2.75, 3.05) is 13.1 Å². The second-order valence-corrected chi connectivity index (χ2v) is 8.54. The van der Waals surface area contributed by atoms with E-state index in [4.69, 9.17) is 11.6 Å². The monoisotopic (exact) mass is 410 g/mol. The Balaban J connectivity index is 1.66. The molecule has 0 spiro atoms. The number of rotatable bonds is 3. The van der Waals surface area contributed by atoms with Crippen LogP contribution in [-0.2, 0) is 17.1 Å². The van der Waals surface area contributed by atoms with Crippen molar-refractivity contribution in [1.82, 2.24) is 28.7 Å². The van der Waals surface area contributed by atoms with Gasteiger partial charge in [-0.3, -0.25) is 4.68 Å². The minimum absolute atomic E-state index is 0.0406. The third-order valence-electron chi connectivity index (χ3n) is 4.78. The van der Waals surface area contributed by atoms with Gasteiger partial charge in [-0.15, -0.1) is 0 Å². The predicted octanol–water partition coefficient (Wildman–Crippen LogP) is 2.04. The first kappa shape index (κ1) is 18.1. The van der Waals surface area contributed by atoms with Crippen LogP contribution in [0.5, 0.6) is 0 Å². The summed E-state index contributed by atoms with van der Waals surface area (Å²) >= 11 is 6.17. The van der Waals surface area contributed by atoms with E-state index in [9.17, 15) is 12.8 Å². The predicted molar refractivity (Wildman–Crippen MR) is 97.3 cm³/mol. The molecule has 0 atom stereocenters. The summed E-state index contributed by atoms with van der Waals surface area (Å²) in [6.45, 7) is 2.14. The van der Waals surface area contributed by atoms with E-state index in [0.29, 0.717) is 17.7 Å². The van der Waals surface area contributed by atoms with Crippen molar-refractivity contribution in [1.29, 1.82) is 0 Å². The topological polar surface area (TPSA) is 85.4 Å². The van der Waals surface area contributed by atoms with Crippen molar-refractivity contribution in [2.45, 2.75) is 18.2 Å². The van der Waals surface area contributed by atoms with Crippen molar-refractivity contribution in [3.8, 4) is 0 Å². The maximum absolute atomic E-state index is 14.4. The molecule has 1 aliphatic heterocycles. The Labute approximate surface area is 159 Å². The summed E-state index contributed by atoms with van der Waals surface area (Å²) in [4.78, 5) is 4.02. The Hall–Kier alpha value is -2.30.